The Morgan fingerprint density at radius 3 is 1.97 bits per heavy atom. The van der Waals surface area contributed by atoms with E-state index in [9.17, 15) is 36.7 Å². The van der Waals surface area contributed by atoms with Crippen molar-refractivity contribution in [2.75, 3.05) is 36.4 Å². The van der Waals surface area contributed by atoms with E-state index >= 15 is 4.39 Å². The van der Waals surface area contributed by atoms with Crippen molar-refractivity contribution in [1.29, 1.82) is 5.26 Å². The lowest BCUT2D eigenvalue weighted by Gasteiger charge is -2.29. The van der Waals surface area contributed by atoms with Crippen LogP contribution in [-0.4, -0.2) is 73.3 Å². The highest BCUT2D eigenvalue weighted by Crippen LogP contribution is 2.40. The van der Waals surface area contributed by atoms with Gasteiger partial charge in [0, 0.05) is 50.9 Å². The number of esters is 1. The first-order valence-corrected chi connectivity index (χ1v) is 21.3. The second-order valence-corrected chi connectivity index (χ2v) is 16.8. The summed E-state index contributed by atoms with van der Waals surface area (Å²) < 4.78 is 86.4. The van der Waals surface area contributed by atoms with E-state index in [-0.39, 0.29) is 52.4 Å². The third-order valence-electron chi connectivity index (χ3n) is 10.4. The number of fused-ring (bicyclic) bond motifs is 2. The summed E-state index contributed by atoms with van der Waals surface area (Å²) in [5.74, 6) is -2.78. The van der Waals surface area contributed by atoms with Gasteiger partial charge in [0.05, 0.1) is 83.4 Å². The molecule has 1 amide bonds. The molecule has 368 valence electrons. The van der Waals surface area contributed by atoms with Gasteiger partial charge in [-0.15, -0.1) is 0 Å². The second kappa shape index (κ2) is 21.8. The van der Waals surface area contributed by atoms with Gasteiger partial charge in [0.2, 0.25) is 0 Å². The van der Waals surface area contributed by atoms with Crippen LogP contribution >= 0.6 is 24.4 Å². The van der Waals surface area contributed by atoms with E-state index < -0.39 is 63.0 Å². The van der Waals surface area contributed by atoms with Crippen LogP contribution in [0.25, 0.3) is 16.1 Å². The highest BCUT2D eigenvalue weighted by Gasteiger charge is 2.51. The number of alkyl halides is 3. The number of nitriles is 1. The number of pyridine rings is 2. The minimum absolute atomic E-state index is 0.00978. The van der Waals surface area contributed by atoms with Gasteiger partial charge in [0.25, 0.3) is 17.0 Å². The van der Waals surface area contributed by atoms with Gasteiger partial charge in [-0.2, -0.15) is 23.4 Å². The molecule has 0 saturated carbocycles. The number of carbonyl (C=O) groups excluding carboxylic acids is 2. The van der Waals surface area contributed by atoms with E-state index in [0.29, 0.717) is 17.4 Å². The van der Waals surface area contributed by atoms with Gasteiger partial charge in [0.15, 0.2) is 33.7 Å². The Hall–Kier alpha value is -7.86. The molecule has 4 aromatic heterocycles. The first-order chi connectivity index (χ1) is 33.4. The molecule has 1 saturated heterocycles. The fourth-order valence-electron chi connectivity index (χ4n) is 7.05. The molecule has 24 heteroatoms. The zero-order valence-electron chi connectivity index (χ0n) is 38.9. The van der Waals surface area contributed by atoms with Gasteiger partial charge < -0.3 is 24.4 Å². The Labute approximate surface area is 412 Å². The number of rotatable bonds is 10. The molecule has 7 rings (SSSR count). The summed E-state index contributed by atoms with van der Waals surface area (Å²) in [4.78, 5) is 67.2. The number of carbonyl (C=O) groups is 2. The zero-order chi connectivity index (χ0) is 52.7. The summed E-state index contributed by atoms with van der Waals surface area (Å²) in [5, 5.41) is 13.9. The number of benzene rings is 2. The van der Waals surface area contributed by atoms with Crippen LogP contribution in [0.3, 0.4) is 0 Å². The van der Waals surface area contributed by atoms with Crippen LogP contribution in [0.15, 0.2) is 87.6 Å². The predicted molar refractivity (Wildman–Crippen MR) is 259 cm³/mol. The van der Waals surface area contributed by atoms with E-state index in [4.69, 9.17) is 33.5 Å². The molecule has 0 unspecified atom stereocenters. The molecular formula is C47H41F5N10O7S2. The molecule has 0 spiro atoms. The Kier molecular flexibility index (Phi) is 16.6. The van der Waals surface area contributed by atoms with Crippen LogP contribution in [-0.2, 0) is 43.2 Å². The zero-order valence-corrected chi connectivity index (χ0v) is 40.6. The van der Waals surface area contributed by atoms with Gasteiger partial charge in [-0.3, -0.25) is 28.1 Å². The maximum absolute atomic E-state index is 15.1. The SMILES string of the molecule is COCc1cc(=O)n2cc(N3C(=S)N(c4ccc(C#N)c(C(F)(F)F)c4)C(=O)C3(C)C)cc(F)c2n1.COCc1cc(=O)n2cc(NC(C)(C)C(=O)OC)cc(F)c2n1.[C-]#[N+]c1ccc(N=C=S)cc1C. The number of aryl methyl sites for hydroxylation is 1. The van der Waals surface area contributed by atoms with E-state index in [1.54, 1.807) is 26.0 Å². The highest BCUT2D eigenvalue weighted by molar-refractivity contribution is 7.81. The summed E-state index contributed by atoms with van der Waals surface area (Å²) in [6, 6.07) is 14.2. The van der Waals surface area contributed by atoms with E-state index in [2.05, 4.69) is 47.2 Å². The van der Waals surface area contributed by atoms with Crippen molar-refractivity contribution in [1.82, 2.24) is 18.8 Å². The molecule has 1 aliphatic heterocycles. The average molecular weight is 1020 g/mol. The molecule has 5 heterocycles. The number of ether oxygens (including phenoxy) is 3. The van der Waals surface area contributed by atoms with Crippen LogP contribution < -0.4 is 26.2 Å². The summed E-state index contributed by atoms with van der Waals surface area (Å²) in [7, 11) is 4.12. The number of halogens is 5. The van der Waals surface area contributed by atoms with Crippen molar-refractivity contribution in [2.45, 2.75) is 65.1 Å². The summed E-state index contributed by atoms with van der Waals surface area (Å²) in [6.07, 6.45) is -2.22. The van der Waals surface area contributed by atoms with Crippen LogP contribution in [0.5, 0.6) is 0 Å². The standard InChI is InChI=1S/C23H17F4N5O3S.C15H18FN3O4.C9H6N2S/c1-22(2)20(34)31(14-5-4-12(9-28)16(7-14)23(25,26)27)21(36)32(22)15-8-17(24)19-29-13(11-35-3)6-18(33)30(19)10-15;1-15(2,14(21)23-4)18-9-5-11(16)13-17-10(8-22-3)6-12(20)19(13)7-9;1-7-5-8(11-6-12)3-4-9(7)10-2/h4-8,10H,11H2,1-3H3;5-7,18H,8H2,1-4H3;3-5H,1H3. The lowest BCUT2D eigenvalue weighted by Crippen LogP contribution is -2.44. The maximum atomic E-state index is 15.1. The van der Waals surface area contributed by atoms with Crippen molar-refractivity contribution in [3.63, 3.8) is 0 Å². The van der Waals surface area contributed by atoms with Crippen LogP contribution in [0.1, 0.15) is 55.8 Å². The Bertz CT molecular complexity index is 3360. The lowest BCUT2D eigenvalue weighted by molar-refractivity contribution is -0.144. The van der Waals surface area contributed by atoms with Crippen molar-refractivity contribution in [2.24, 2.45) is 4.99 Å². The number of nitrogens with zero attached hydrogens (tertiary/aromatic N) is 9. The Morgan fingerprint density at radius 2 is 1.46 bits per heavy atom. The smallest absolute Gasteiger partial charge is 0.417 e. The third kappa shape index (κ3) is 11.8. The molecule has 1 N–H and O–H groups in total. The number of isothiocyanates is 1. The first kappa shape index (κ1) is 54.1. The molecule has 0 radical (unpaired) electrons. The molecule has 1 aliphatic rings. The molecule has 17 nitrogen and oxygen atoms in total. The molecular weight excluding hydrogens is 976 g/mol. The monoisotopic (exact) mass is 1020 g/mol. The van der Waals surface area contributed by atoms with Crippen molar-refractivity contribution in [3.8, 4) is 6.07 Å². The molecule has 0 atom stereocenters. The number of nitrogens with one attached hydrogen (secondary N) is 1. The van der Waals surface area contributed by atoms with Crippen molar-refractivity contribution < 1.29 is 45.8 Å². The number of methoxy groups -OCH3 is 3. The molecule has 71 heavy (non-hydrogen) atoms. The number of aromatic nitrogens is 4. The molecule has 2 aromatic carbocycles. The van der Waals surface area contributed by atoms with Gasteiger partial charge >= 0.3 is 12.1 Å². The maximum Gasteiger partial charge on any atom is 0.417 e. The minimum atomic E-state index is -4.85. The van der Waals surface area contributed by atoms with Gasteiger partial charge in [-0.05, 0) is 94.9 Å². The summed E-state index contributed by atoms with van der Waals surface area (Å²) in [6.45, 7) is 14.9. The summed E-state index contributed by atoms with van der Waals surface area (Å²) >= 11 is 9.91. The fourth-order valence-corrected chi connectivity index (χ4v) is 7.68. The van der Waals surface area contributed by atoms with Crippen LogP contribution in [0.2, 0.25) is 0 Å². The lowest BCUT2D eigenvalue weighted by atomic mass is 10.0. The number of thiocarbonyl (C=S) groups is 2. The molecule has 0 aliphatic carbocycles. The highest BCUT2D eigenvalue weighted by atomic mass is 32.1. The Balaban J connectivity index is 0.000000227. The number of amides is 1. The number of anilines is 3. The predicted octanol–water partition coefficient (Wildman–Crippen LogP) is 8.41. The number of hydrogen-bond acceptors (Lipinski definition) is 14. The number of hydrogen-bond donors (Lipinski definition) is 1. The fraction of sp³-hybridized carbons (Fsp3) is 0.277. The summed E-state index contributed by atoms with van der Waals surface area (Å²) in [5.41, 5.74) is -2.89. The Morgan fingerprint density at radius 1 is 0.887 bits per heavy atom. The van der Waals surface area contributed by atoms with Crippen molar-refractivity contribution in [3.05, 3.63) is 145 Å². The van der Waals surface area contributed by atoms with Crippen molar-refractivity contribution >= 4 is 86.3 Å². The quantitative estimate of drug-likeness (QED) is 0.0453. The largest absolute Gasteiger partial charge is 0.467 e. The normalized spacial score (nSPS) is 13.1. The van der Waals surface area contributed by atoms with Gasteiger partial charge in [0.1, 0.15) is 11.1 Å². The number of aliphatic imine (C=N–C) groups is 1. The van der Waals surface area contributed by atoms with Crippen LogP contribution in [0, 0.1) is 36.5 Å². The first-order valence-electron chi connectivity index (χ1n) is 20.5. The third-order valence-corrected chi connectivity index (χ3v) is 10.8. The average Bonchev–Trinajstić information content (AvgIpc) is 3.48. The van der Waals surface area contributed by atoms with E-state index in [1.165, 1.54) is 82.8 Å². The van der Waals surface area contributed by atoms with Gasteiger partial charge in [-0.1, -0.05) is 6.07 Å². The molecule has 1 fully saturated rings. The molecule has 6 aromatic rings. The second-order valence-electron chi connectivity index (χ2n) is 16.2. The van der Waals surface area contributed by atoms with Crippen LogP contribution in [0.4, 0.5) is 50.4 Å². The van der Waals surface area contributed by atoms with E-state index in [0.717, 1.165) is 37.1 Å². The molecule has 0 bridgehead atoms. The topological polar surface area (TPSA) is 190 Å². The minimum Gasteiger partial charge on any atom is -0.467 e. The van der Waals surface area contributed by atoms with E-state index in [1.807, 2.05) is 13.0 Å². The van der Waals surface area contributed by atoms with Gasteiger partial charge in [-0.25, -0.2) is 28.4 Å².